The lowest BCUT2D eigenvalue weighted by molar-refractivity contribution is 0.163. The van der Waals surface area contributed by atoms with Crippen LogP contribution in [-0.4, -0.2) is 41.3 Å². The van der Waals surface area contributed by atoms with E-state index in [-0.39, 0.29) is 17.5 Å². The summed E-state index contributed by atoms with van der Waals surface area (Å²) in [6, 6.07) is 4.28. The van der Waals surface area contributed by atoms with Gasteiger partial charge < -0.3 is 9.73 Å². The summed E-state index contributed by atoms with van der Waals surface area (Å²) < 4.78 is 19.5. The van der Waals surface area contributed by atoms with Gasteiger partial charge in [-0.3, -0.25) is 4.90 Å². The van der Waals surface area contributed by atoms with Gasteiger partial charge in [-0.25, -0.2) is 4.39 Å². The number of piperazine rings is 1. The molecule has 21 heavy (non-hydrogen) atoms. The van der Waals surface area contributed by atoms with Crippen molar-refractivity contribution in [1.82, 2.24) is 20.4 Å². The van der Waals surface area contributed by atoms with Crippen LogP contribution in [0.3, 0.4) is 0 Å². The number of benzene rings is 1. The second-order valence-electron chi connectivity index (χ2n) is 5.03. The van der Waals surface area contributed by atoms with E-state index >= 15 is 0 Å². The molecule has 1 atom stereocenters. The van der Waals surface area contributed by atoms with E-state index in [2.05, 4.69) is 20.4 Å². The molecule has 1 aliphatic rings. The Balaban J connectivity index is 1.84. The highest BCUT2D eigenvalue weighted by Crippen LogP contribution is 2.27. The minimum Gasteiger partial charge on any atom is -0.419 e. The van der Waals surface area contributed by atoms with Crippen molar-refractivity contribution in [3.63, 3.8) is 0 Å². The monoisotopic (exact) mass is 310 g/mol. The van der Waals surface area contributed by atoms with Gasteiger partial charge in [-0.2, -0.15) is 0 Å². The average Bonchev–Trinajstić information content (AvgIpc) is 2.99. The van der Waals surface area contributed by atoms with Crippen molar-refractivity contribution in [3.8, 4) is 11.5 Å². The van der Waals surface area contributed by atoms with Gasteiger partial charge in [0.1, 0.15) is 5.82 Å². The van der Waals surface area contributed by atoms with Gasteiger partial charge in [0.25, 0.3) is 5.89 Å². The Kier molecular flexibility index (Phi) is 4.19. The molecule has 1 saturated heterocycles. The van der Waals surface area contributed by atoms with Gasteiger partial charge in [0, 0.05) is 31.2 Å². The van der Waals surface area contributed by atoms with Crippen LogP contribution in [0.5, 0.6) is 0 Å². The first kappa shape index (κ1) is 14.4. The molecule has 2 heterocycles. The lowest BCUT2D eigenvalue weighted by atomic mass is 10.2. The molecular weight excluding hydrogens is 295 g/mol. The standard InChI is InChI=1S/C14H16ClFN4O/c1-9(20-6-4-17-5-7-20)13-18-19-14(21-13)11-8-10(15)2-3-12(11)16/h2-3,8-9,17H,4-7H2,1H3. The second kappa shape index (κ2) is 6.09. The Morgan fingerprint density at radius 1 is 1.33 bits per heavy atom. The van der Waals surface area contributed by atoms with E-state index < -0.39 is 5.82 Å². The third-order valence-corrected chi connectivity index (χ3v) is 3.89. The van der Waals surface area contributed by atoms with Crippen LogP contribution in [0, 0.1) is 5.82 Å². The maximum absolute atomic E-state index is 13.8. The second-order valence-corrected chi connectivity index (χ2v) is 5.47. The predicted molar refractivity (Wildman–Crippen MR) is 77.6 cm³/mol. The summed E-state index contributed by atoms with van der Waals surface area (Å²) in [5.74, 6) is 0.225. The molecule has 1 aliphatic heterocycles. The van der Waals surface area contributed by atoms with Crippen LogP contribution in [0.15, 0.2) is 22.6 Å². The summed E-state index contributed by atoms with van der Waals surface area (Å²) in [7, 11) is 0. The Morgan fingerprint density at radius 2 is 2.10 bits per heavy atom. The predicted octanol–water partition coefficient (Wildman–Crippen LogP) is 2.50. The van der Waals surface area contributed by atoms with E-state index in [9.17, 15) is 4.39 Å². The number of nitrogens with one attached hydrogen (secondary N) is 1. The molecule has 0 radical (unpaired) electrons. The molecule has 1 unspecified atom stereocenters. The van der Waals surface area contributed by atoms with Crippen LogP contribution in [0.25, 0.3) is 11.5 Å². The van der Waals surface area contributed by atoms with Gasteiger partial charge in [-0.05, 0) is 25.1 Å². The van der Waals surface area contributed by atoms with Crippen molar-refractivity contribution in [2.24, 2.45) is 0 Å². The van der Waals surface area contributed by atoms with Gasteiger partial charge in [0.05, 0.1) is 11.6 Å². The zero-order chi connectivity index (χ0) is 14.8. The normalized spacial score (nSPS) is 17.9. The fourth-order valence-electron chi connectivity index (χ4n) is 2.40. The molecule has 1 fully saturated rings. The Hall–Kier alpha value is -1.50. The summed E-state index contributed by atoms with van der Waals surface area (Å²) in [6.45, 7) is 5.73. The molecule has 1 aromatic carbocycles. The lowest BCUT2D eigenvalue weighted by Gasteiger charge is -2.30. The topological polar surface area (TPSA) is 54.2 Å². The highest BCUT2D eigenvalue weighted by Gasteiger charge is 2.23. The molecular formula is C14H16ClFN4O. The van der Waals surface area contributed by atoms with Crippen molar-refractivity contribution < 1.29 is 8.81 Å². The summed E-state index contributed by atoms with van der Waals surface area (Å²) in [4.78, 5) is 2.25. The Labute approximate surface area is 127 Å². The van der Waals surface area contributed by atoms with E-state index in [0.29, 0.717) is 10.9 Å². The fraction of sp³-hybridized carbons (Fsp3) is 0.429. The molecule has 0 amide bonds. The molecule has 2 aromatic rings. The summed E-state index contributed by atoms with van der Waals surface area (Å²) in [6.07, 6.45) is 0. The first-order chi connectivity index (χ1) is 10.1. The molecule has 0 aliphatic carbocycles. The molecule has 5 nitrogen and oxygen atoms in total. The summed E-state index contributed by atoms with van der Waals surface area (Å²) >= 11 is 5.89. The van der Waals surface area contributed by atoms with Gasteiger partial charge in [-0.1, -0.05) is 11.6 Å². The summed E-state index contributed by atoms with van der Waals surface area (Å²) in [5, 5.41) is 11.7. The molecule has 0 saturated carbocycles. The Morgan fingerprint density at radius 3 is 2.86 bits per heavy atom. The average molecular weight is 311 g/mol. The maximum Gasteiger partial charge on any atom is 0.250 e. The van der Waals surface area contributed by atoms with Crippen molar-refractivity contribution in [2.45, 2.75) is 13.0 Å². The van der Waals surface area contributed by atoms with Crippen LogP contribution in [0.2, 0.25) is 5.02 Å². The Bertz CT molecular complexity index is 627. The molecule has 1 aromatic heterocycles. The van der Waals surface area contributed by atoms with Gasteiger partial charge in [0.2, 0.25) is 5.89 Å². The van der Waals surface area contributed by atoms with Gasteiger partial charge in [-0.15, -0.1) is 10.2 Å². The van der Waals surface area contributed by atoms with E-state index in [4.69, 9.17) is 16.0 Å². The maximum atomic E-state index is 13.8. The minimum atomic E-state index is -0.426. The third-order valence-electron chi connectivity index (χ3n) is 3.66. The zero-order valence-electron chi connectivity index (χ0n) is 11.6. The molecule has 1 N–H and O–H groups in total. The number of hydrogen-bond acceptors (Lipinski definition) is 5. The van der Waals surface area contributed by atoms with Crippen LogP contribution in [0.1, 0.15) is 18.9 Å². The first-order valence-electron chi connectivity index (χ1n) is 6.89. The SMILES string of the molecule is CC(c1nnc(-c2cc(Cl)ccc2F)o1)N1CCNCC1. The van der Waals surface area contributed by atoms with Crippen molar-refractivity contribution in [3.05, 3.63) is 34.9 Å². The molecule has 3 rings (SSSR count). The largest absolute Gasteiger partial charge is 0.419 e. The highest BCUT2D eigenvalue weighted by molar-refractivity contribution is 6.30. The number of rotatable bonds is 3. The van der Waals surface area contributed by atoms with Crippen LogP contribution in [-0.2, 0) is 0 Å². The molecule has 0 bridgehead atoms. The van der Waals surface area contributed by atoms with Crippen LogP contribution < -0.4 is 5.32 Å². The smallest absolute Gasteiger partial charge is 0.250 e. The van der Waals surface area contributed by atoms with Crippen molar-refractivity contribution in [1.29, 1.82) is 0 Å². The quantitative estimate of drug-likeness (QED) is 0.944. The molecule has 112 valence electrons. The number of hydrogen-bond donors (Lipinski definition) is 1. The number of aromatic nitrogens is 2. The van der Waals surface area contributed by atoms with Gasteiger partial charge >= 0.3 is 0 Å². The third kappa shape index (κ3) is 3.07. The molecule has 0 spiro atoms. The van der Waals surface area contributed by atoms with Gasteiger partial charge in [0.15, 0.2) is 0 Å². The number of nitrogens with zero attached hydrogens (tertiary/aromatic N) is 3. The minimum absolute atomic E-state index is 0.00981. The first-order valence-corrected chi connectivity index (χ1v) is 7.26. The molecule has 7 heteroatoms. The highest BCUT2D eigenvalue weighted by atomic mass is 35.5. The van der Waals surface area contributed by atoms with E-state index in [1.165, 1.54) is 18.2 Å². The zero-order valence-corrected chi connectivity index (χ0v) is 12.4. The van der Waals surface area contributed by atoms with Crippen molar-refractivity contribution in [2.75, 3.05) is 26.2 Å². The van der Waals surface area contributed by atoms with E-state index in [0.717, 1.165) is 26.2 Å². The van der Waals surface area contributed by atoms with Crippen LogP contribution >= 0.6 is 11.6 Å². The van der Waals surface area contributed by atoms with Crippen LogP contribution in [0.4, 0.5) is 4.39 Å². The van der Waals surface area contributed by atoms with E-state index in [1.807, 2.05) is 6.92 Å². The lowest BCUT2D eigenvalue weighted by Crippen LogP contribution is -2.44. The van der Waals surface area contributed by atoms with Crippen molar-refractivity contribution >= 4 is 11.6 Å². The fourth-order valence-corrected chi connectivity index (χ4v) is 2.57. The number of halogens is 2. The van der Waals surface area contributed by atoms with E-state index in [1.54, 1.807) is 0 Å². The summed E-state index contributed by atoms with van der Waals surface area (Å²) in [5.41, 5.74) is 0.230.